The summed E-state index contributed by atoms with van der Waals surface area (Å²) in [4.78, 5) is 18.2. The molecule has 0 heterocycles. The number of carboxylic acids is 2. The lowest BCUT2D eigenvalue weighted by atomic mass is 10.2. The molecule has 0 spiro atoms. The van der Waals surface area contributed by atoms with Crippen molar-refractivity contribution in [3.63, 3.8) is 0 Å². The Morgan fingerprint density at radius 2 is 1.42 bits per heavy atom. The molecule has 0 amide bonds. The minimum Gasteiger partial charge on any atom is -0.473 e. The van der Waals surface area contributed by atoms with E-state index in [4.69, 9.17) is 25.5 Å². The molecule has 0 aliphatic rings. The molecular formula is C14H29NO4. The summed E-state index contributed by atoms with van der Waals surface area (Å²) in [7, 11) is 0. The summed E-state index contributed by atoms with van der Waals surface area (Å²) in [5.74, 6) is -3.65. The van der Waals surface area contributed by atoms with Crippen molar-refractivity contribution < 1.29 is 19.8 Å². The van der Waals surface area contributed by atoms with Gasteiger partial charge < -0.3 is 15.9 Å². The van der Waals surface area contributed by atoms with Crippen molar-refractivity contribution >= 4 is 11.9 Å². The SMILES string of the molecule is CCCCC=C(C)C.CCCCN.O=C(O)C(=O)O. The van der Waals surface area contributed by atoms with E-state index in [0.717, 1.165) is 6.54 Å². The molecule has 0 radical (unpaired) electrons. The molecule has 4 N–H and O–H groups in total. The third-order valence-electron chi connectivity index (χ3n) is 1.85. The molecule has 0 aromatic rings. The maximum Gasteiger partial charge on any atom is 0.414 e. The highest BCUT2D eigenvalue weighted by Gasteiger charge is 2.04. The first kappa shape index (κ1) is 22.8. The molecular weight excluding hydrogens is 246 g/mol. The van der Waals surface area contributed by atoms with Gasteiger partial charge in [0.2, 0.25) is 0 Å². The van der Waals surface area contributed by atoms with Crippen LogP contribution < -0.4 is 5.73 Å². The largest absolute Gasteiger partial charge is 0.473 e. The zero-order valence-electron chi connectivity index (χ0n) is 12.6. The smallest absolute Gasteiger partial charge is 0.414 e. The number of allylic oxidation sites excluding steroid dienone is 2. The van der Waals surface area contributed by atoms with Crippen molar-refractivity contribution in [3.8, 4) is 0 Å². The Balaban J connectivity index is -0.000000209. The maximum atomic E-state index is 9.10. The molecule has 0 saturated heterocycles. The van der Waals surface area contributed by atoms with Crippen LogP contribution in [0.3, 0.4) is 0 Å². The second kappa shape index (κ2) is 19.0. The van der Waals surface area contributed by atoms with E-state index >= 15 is 0 Å². The zero-order valence-corrected chi connectivity index (χ0v) is 12.6. The van der Waals surface area contributed by atoms with Crippen molar-refractivity contribution in [2.24, 2.45) is 5.73 Å². The van der Waals surface area contributed by atoms with Crippen LogP contribution >= 0.6 is 0 Å². The van der Waals surface area contributed by atoms with Crippen LogP contribution in [0.25, 0.3) is 0 Å². The molecule has 0 saturated carbocycles. The highest BCUT2D eigenvalue weighted by atomic mass is 16.4. The molecule has 19 heavy (non-hydrogen) atoms. The van der Waals surface area contributed by atoms with Crippen LogP contribution in [0.2, 0.25) is 0 Å². The first-order valence-electron chi connectivity index (χ1n) is 6.62. The van der Waals surface area contributed by atoms with Gasteiger partial charge in [-0.1, -0.05) is 44.8 Å². The summed E-state index contributed by atoms with van der Waals surface area (Å²) in [5, 5.41) is 14.8. The molecule has 0 bridgehead atoms. The van der Waals surface area contributed by atoms with Crippen LogP contribution in [0.4, 0.5) is 0 Å². The topological polar surface area (TPSA) is 101 Å². The van der Waals surface area contributed by atoms with Gasteiger partial charge in [-0.25, -0.2) is 9.59 Å². The number of carboxylic acid groups (broad SMARTS) is 2. The summed E-state index contributed by atoms with van der Waals surface area (Å²) < 4.78 is 0. The van der Waals surface area contributed by atoms with Gasteiger partial charge in [0.05, 0.1) is 0 Å². The van der Waals surface area contributed by atoms with E-state index in [2.05, 4.69) is 33.8 Å². The monoisotopic (exact) mass is 275 g/mol. The Bertz CT molecular complexity index is 232. The molecule has 0 aliphatic carbocycles. The van der Waals surface area contributed by atoms with Crippen LogP contribution in [0.1, 0.15) is 59.8 Å². The van der Waals surface area contributed by atoms with E-state index in [9.17, 15) is 0 Å². The standard InChI is InChI=1S/C8H16.C4H11N.C2H2O4/c1-4-5-6-7-8(2)3;1-2-3-4-5;3-1(4)2(5)6/h7H,4-6H2,1-3H3;2-5H2,1H3;(H,3,4)(H,5,6). The third-order valence-corrected chi connectivity index (χ3v) is 1.85. The second-order valence-corrected chi connectivity index (χ2v) is 4.18. The number of hydrogen-bond acceptors (Lipinski definition) is 3. The van der Waals surface area contributed by atoms with Gasteiger partial charge in [0.25, 0.3) is 0 Å². The minimum absolute atomic E-state index is 0.844. The number of rotatable bonds is 5. The fourth-order valence-corrected chi connectivity index (χ4v) is 0.799. The van der Waals surface area contributed by atoms with Gasteiger partial charge in [-0.3, -0.25) is 0 Å². The summed E-state index contributed by atoms with van der Waals surface area (Å²) in [6, 6.07) is 0. The van der Waals surface area contributed by atoms with E-state index in [1.54, 1.807) is 0 Å². The van der Waals surface area contributed by atoms with E-state index in [1.807, 2.05) is 0 Å². The second-order valence-electron chi connectivity index (χ2n) is 4.18. The van der Waals surface area contributed by atoms with Crippen molar-refractivity contribution in [1.82, 2.24) is 0 Å². The van der Waals surface area contributed by atoms with Gasteiger partial charge in [0, 0.05) is 0 Å². The number of aliphatic carboxylic acids is 2. The van der Waals surface area contributed by atoms with Gasteiger partial charge in [-0.05, 0) is 33.2 Å². The van der Waals surface area contributed by atoms with E-state index < -0.39 is 11.9 Å². The van der Waals surface area contributed by atoms with Crippen LogP contribution in [-0.4, -0.2) is 28.7 Å². The Labute approximate surface area is 116 Å². The first-order valence-corrected chi connectivity index (χ1v) is 6.62. The third kappa shape index (κ3) is 38.4. The average molecular weight is 275 g/mol. The number of hydrogen-bond donors (Lipinski definition) is 3. The summed E-state index contributed by atoms with van der Waals surface area (Å²) >= 11 is 0. The zero-order chi connectivity index (χ0) is 15.7. The van der Waals surface area contributed by atoms with E-state index in [0.29, 0.717) is 0 Å². The maximum absolute atomic E-state index is 9.10. The lowest BCUT2D eigenvalue weighted by Gasteiger charge is -1.89. The number of carbonyl (C=O) groups is 2. The highest BCUT2D eigenvalue weighted by molar-refractivity contribution is 6.27. The lowest BCUT2D eigenvalue weighted by molar-refractivity contribution is -0.159. The van der Waals surface area contributed by atoms with Gasteiger partial charge in [-0.15, -0.1) is 0 Å². The molecule has 0 aromatic heterocycles. The first-order chi connectivity index (χ1) is 8.83. The molecule has 5 nitrogen and oxygen atoms in total. The van der Waals surface area contributed by atoms with Gasteiger partial charge in [0.15, 0.2) is 0 Å². The normalized spacial score (nSPS) is 8.26. The van der Waals surface area contributed by atoms with Crippen LogP contribution in [0, 0.1) is 0 Å². The summed E-state index contributed by atoms with van der Waals surface area (Å²) in [6.07, 6.45) is 8.59. The number of unbranched alkanes of at least 4 members (excludes halogenated alkanes) is 3. The Morgan fingerprint density at radius 3 is 1.58 bits per heavy atom. The van der Waals surface area contributed by atoms with Crippen LogP contribution in [-0.2, 0) is 9.59 Å². The van der Waals surface area contributed by atoms with Crippen LogP contribution in [0.15, 0.2) is 11.6 Å². The fourth-order valence-electron chi connectivity index (χ4n) is 0.799. The van der Waals surface area contributed by atoms with Crippen molar-refractivity contribution in [2.45, 2.75) is 59.8 Å². The molecule has 0 aromatic carbocycles. The van der Waals surface area contributed by atoms with Gasteiger partial charge in [-0.2, -0.15) is 0 Å². The van der Waals surface area contributed by atoms with Crippen molar-refractivity contribution in [2.75, 3.05) is 6.54 Å². The Morgan fingerprint density at radius 1 is 1.00 bits per heavy atom. The predicted molar refractivity (Wildman–Crippen MR) is 78.2 cm³/mol. The summed E-state index contributed by atoms with van der Waals surface area (Å²) in [6.45, 7) is 9.49. The molecule has 5 heteroatoms. The highest BCUT2D eigenvalue weighted by Crippen LogP contribution is 1.98. The van der Waals surface area contributed by atoms with Gasteiger partial charge >= 0.3 is 11.9 Å². The van der Waals surface area contributed by atoms with Crippen molar-refractivity contribution in [1.29, 1.82) is 0 Å². The molecule has 0 atom stereocenters. The minimum atomic E-state index is -1.82. The molecule has 0 rings (SSSR count). The lowest BCUT2D eigenvalue weighted by Crippen LogP contribution is -2.09. The molecule has 0 unspecified atom stereocenters. The Kier molecular flexibility index (Phi) is 22.8. The van der Waals surface area contributed by atoms with Gasteiger partial charge in [0.1, 0.15) is 0 Å². The van der Waals surface area contributed by atoms with E-state index in [-0.39, 0.29) is 0 Å². The van der Waals surface area contributed by atoms with Crippen molar-refractivity contribution in [3.05, 3.63) is 11.6 Å². The number of nitrogens with two attached hydrogens (primary N) is 1. The molecule has 0 aliphatic heterocycles. The van der Waals surface area contributed by atoms with Crippen LogP contribution in [0.5, 0.6) is 0 Å². The Hall–Kier alpha value is -1.36. The molecule has 0 fully saturated rings. The van der Waals surface area contributed by atoms with E-state index in [1.165, 1.54) is 37.7 Å². The quantitative estimate of drug-likeness (QED) is 0.407. The fraction of sp³-hybridized carbons (Fsp3) is 0.714. The summed E-state index contributed by atoms with van der Waals surface area (Å²) in [5.41, 5.74) is 6.58. The average Bonchev–Trinajstić information content (AvgIpc) is 2.31. The predicted octanol–water partition coefficient (Wildman–Crippen LogP) is 3.04. The molecule has 114 valence electrons.